The van der Waals surface area contributed by atoms with E-state index in [1.807, 2.05) is 47.0 Å². The van der Waals surface area contributed by atoms with E-state index in [1.54, 1.807) is 12.1 Å². The monoisotopic (exact) mass is 454 g/mol. The molecule has 3 heterocycles. The molecule has 2 aromatic carbocycles. The molecule has 0 spiro atoms. The Balaban J connectivity index is 1.29. The molecule has 2 aliphatic heterocycles. The van der Waals surface area contributed by atoms with Crippen LogP contribution in [0.15, 0.2) is 52.9 Å². The third-order valence-corrected chi connectivity index (χ3v) is 7.54. The number of carbonyl (C=O) groups is 1. The number of fused-ring (bicyclic) bond motifs is 1. The molecule has 0 atom stereocenters. The molecule has 2 aliphatic rings. The summed E-state index contributed by atoms with van der Waals surface area (Å²) >= 11 is 1.86. The van der Waals surface area contributed by atoms with Gasteiger partial charge in [-0.3, -0.25) is 9.69 Å². The second kappa shape index (κ2) is 8.89. The molecule has 5 nitrogen and oxygen atoms in total. The van der Waals surface area contributed by atoms with Gasteiger partial charge in [-0.05, 0) is 42.7 Å². The quantitative estimate of drug-likeness (QED) is 0.639. The maximum atomic E-state index is 14.0. The fraction of sp³-hybridized carbons (Fsp3) is 0.400. The molecule has 168 valence electrons. The zero-order valence-electron chi connectivity index (χ0n) is 17.9. The number of hydrogen-bond acceptors (Lipinski definition) is 5. The fourth-order valence-corrected chi connectivity index (χ4v) is 5.50. The third-order valence-electron chi connectivity index (χ3n) is 6.60. The predicted octanol–water partition coefficient (Wildman–Crippen LogP) is 4.24. The second-order valence-corrected chi connectivity index (χ2v) is 9.89. The first-order valence-electron chi connectivity index (χ1n) is 11.1. The summed E-state index contributed by atoms with van der Waals surface area (Å²) < 4.78 is 19.8. The van der Waals surface area contributed by atoms with Crippen molar-refractivity contribution in [3.05, 3.63) is 71.2 Å². The second-order valence-electron chi connectivity index (χ2n) is 8.67. The van der Waals surface area contributed by atoms with Crippen molar-refractivity contribution in [2.45, 2.75) is 25.0 Å². The molecule has 2 saturated heterocycles. The average molecular weight is 455 g/mol. The Morgan fingerprint density at radius 3 is 2.56 bits per heavy atom. The minimum atomic E-state index is -0.939. The van der Waals surface area contributed by atoms with Crippen molar-refractivity contribution >= 4 is 28.6 Å². The van der Waals surface area contributed by atoms with Gasteiger partial charge in [-0.15, -0.1) is 0 Å². The zero-order chi connectivity index (χ0) is 22.1. The van der Waals surface area contributed by atoms with Crippen LogP contribution in [0.25, 0.3) is 11.0 Å². The molecule has 3 aromatic rings. The number of furan rings is 1. The summed E-state index contributed by atoms with van der Waals surface area (Å²) in [5.74, 6) is 2.01. The van der Waals surface area contributed by atoms with Gasteiger partial charge in [0.25, 0.3) is 5.91 Å². The van der Waals surface area contributed by atoms with Gasteiger partial charge in [0.05, 0.1) is 5.60 Å². The van der Waals surface area contributed by atoms with Gasteiger partial charge < -0.3 is 14.4 Å². The van der Waals surface area contributed by atoms with Gasteiger partial charge in [0.1, 0.15) is 11.4 Å². The van der Waals surface area contributed by atoms with Crippen LogP contribution < -0.4 is 0 Å². The summed E-state index contributed by atoms with van der Waals surface area (Å²) in [5, 5.41) is 12.2. The highest BCUT2D eigenvalue weighted by Gasteiger charge is 2.34. The van der Waals surface area contributed by atoms with Crippen molar-refractivity contribution in [3.63, 3.8) is 0 Å². The molecule has 1 aromatic heterocycles. The van der Waals surface area contributed by atoms with Crippen molar-refractivity contribution in [2.75, 3.05) is 37.7 Å². The van der Waals surface area contributed by atoms with Gasteiger partial charge >= 0.3 is 0 Å². The zero-order valence-corrected chi connectivity index (χ0v) is 18.7. The molecule has 0 aliphatic carbocycles. The largest absolute Gasteiger partial charge is 0.451 e. The number of benzene rings is 2. The summed E-state index contributed by atoms with van der Waals surface area (Å²) in [6.07, 6.45) is 1.14. The lowest BCUT2D eigenvalue weighted by molar-refractivity contribution is -0.0278. The molecular weight excluding hydrogens is 427 g/mol. The van der Waals surface area contributed by atoms with Crippen LogP contribution in [-0.4, -0.2) is 58.5 Å². The first-order chi connectivity index (χ1) is 15.5. The molecule has 0 unspecified atom stereocenters. The summed E-state index contributed by atoms with van der Waals surface area (Å²) in [6, 6.07) is 14.3. The lowest BCUT2D eigenvalue weighted by atomic mass is 9.84. The summed E-state index contributed by atoms with van der Waals surface area (Å²) in [7, 11) is 0. The molecule has 0 bridgehead atoms. The highest BCUT2D eigenvalue weighted by molar-refractivity contribution is 7.99. The Bertz CT molecular complexity index is 1120. The van der Waals surface area contributed by atoms with E-state index >= 15 is 0 Å². The molecular formula is C25H27FN2O3S. The van der Waals surface area contributed by atoms with Gasteiger partial charge in [-0.2, -0.15) is 11.8 Å². The van der Waals surface area contributed by atoms with E-state index in [4.69, 9.17) is 4.42 Å². The standard InChI is InChI=1S/C25H27FN2O3S/c26-21-4-2-1-3-18(21)17-27-9-7-25(30,8-10-27)20-5-6-22-19(15-20)16-23(31-22)24(29)28-11-13-32-14-12-28/h1-6,15-16,30H,7-14,17H2. The Morgan fingerprint density at radius 1 is 1.06 bits per heavy atom. The van der Waals surface area contributed by atoms with Crippen LogP contribution in [0.4, 0.5) is 4.39 Å². The van der Waals surface area contributed by atoms with E-state index in [9.17, 15) is 14.3 Å². The molecule has 7 heteroatoms. The molecule has 32 heavy (non-hydrogen) atoms. The van der Waals surface area contributed by atoms with Crippen LogP contribution in [0.1, 0.15) is 34.5 Å². The van der Waals surface area contributed by atoms with Crippen LogP contribution in [0, 0.1) is 5.82 Å². The summed E-state index contributed by atoms with van der Waals surface area (Å²) in [5.41, 5.74) is 1.24. The van der Waals surface area contributed by atoms with Crippen LogP contribution in [-0.2, 0) is 12.1 Å². The van der Waals surface area contributed by atoms with Gasteiger partial charge in [0.2, 0.25) is 0 Å². The van der Waals surface area contributed by atoms with Gasteiger partial charge in [0.15, 0.2) is 5.76 Å². The number of carbonyl (C=O) groups excluding carboxylic acids is 1. The fourth-order valence-electron chi connectivity index (χ4n) is 4.60. The molecule has 2 fully saturated rings. The number of halogens is 1. The first-order valence-corrected chi connectivity index (χ1v) is 12.3. The van der Waals surface area contributed by atoms with E-state index < -0.39 is 5.60 Å². The number of aliphatic hydroxyl groups is 1. The van der Waals surface area contributed by atoms with E-state index in [0.29, 0.717) is 49.4 Å². The average Bonchev–Trinajstić information content (AvgIpc) is 3.26. The van der Waals surface area contributed by atoms with Gasteiger partial charge in [-0.1, -0.05) is 24.3 Å². The van der Waals surface area contributed by atoms with Crippen LogP contribution in [0.3, 0.4) is 0 Å². The molecule has 0 saturated carbocycles. The van der Waals surface area contributed by atoms with E-state index in [0.717, 1.165) is 35.5 Å². The number of thioether (sulfide) groups is 1. The third kappa shape index (κ3) is 4.29. The Hall–Kier alpha value is -2.35. The van der Waals surface area contributed by atoms with Crippen LogP contribution in [0.2, 0.25) is 0 Å². The lowest BCUT2D eigenvalue weighted by Gasteiger charge is -2.38. The van der Waals surface area contributed by atoms with Crippen molar-refractivity contribution in [1.29, 1.82) is 0 Å². The summed E-state index contributed by atoms with van der Waals surface area (Å²) in [6.45, 7) is 3.41. The molecule has 1 amide bonds. The van der Waals surface area contributed by atoms with Crippen LogP contribution >= 0.6 is 11.8 Å². The number of amides is 1. The number of nitrogens with zero attached hydrogens (tertiary/aromatic N) is 2. The normalized spacial score (nSPS) is 19.4. The highest BCUT2D eigenvalue weighted by Crippen LogP contribution is 2.35. The van der Waals surface area contributed by atoms with Gasteiger partial charge in [0, 0.05) is 55.2 Å². The first kappa shape index (κ1) is 21.5. The van der Waals surface area contributed by atoms with E-state index in [2.05, 4.69) is 4.90 Å². The highest BCUT2D eigenvalue weighted by atomic mass is 32.2. The molecule has 5 rings (SSSR count). The topological polar surface area (TPSA) is 56.9 Å². The van der Waals surface area contributed by atoms with Gasteiger partial charge in [-0.25, -0.2) is 4.39 Å². The number of piperidine rings is 1. The van der Waals surface area contributed by atoms with Crippen molar-refractivity contribution < 1.29 is 18.7 Å². The van der Waals surface area contributed by atoms with Crippen molar-refractivity contribution in [3.8, 4) is 0 Å². The van der Waals surface area contributed by atoms with E-state index in [1.165, 1.54) is 6.07 Å². The Labute approximate surface area is 191 Å². The van der Waals surface area contributed by atoms with E-state index in [-0.39, 0.29) is 11.7 Å². The minimum absolute atomic E-state index is 0.0665. The maximum absolute atomic E-state index is 14.0. The minimum Gasteiger partial charge on any atom is -0.451 e. The number of likely N-dealkylation sites (tertiary alicyclic amines) is 1. The van der Waals surface area contributed by atoms with Crippen LogP contribution in [0.5, 0.6) is 0 Å². The predicted molar refractivity (Wildman–Crippen MR) is 124 cm³/mol. The smallest absolute Gasteiger partial charge is 0.289 e. The lowest BCUT2D eigenvalue weighted by Crippen LogP contribution is -2.42. The van der Waals surface area contributed by atoms with Crippen molar-refractivity contribution in [2.24, 2.45) is 0 Å². The Kier molecular flexibility index (Phi) is 5.97. The van der Waals surface area contributed by atoms with Crippen molar-refractivity contribution in [1.82, 2.24) is 9.80 Å². The SMILES string of the molecule is O=C(c1cc2cc(C3(O)CCN(Cc4ccccc4F)CC3)ccc2o1)N1CCSCC1. The maximum Gasteiger partial charge on any atom is 0.289 e. The summed E-state index contributed by atoms with van der Waals surface area (Å²) in [4.78, 5) is 16.8. The number of rotatable bonds is 4. The molecule has 1 N–H and O–H groups in total. The Morgan fingerprint density at radius 2 is 1.81 bits per heavy atom. The molecule has 0 radical (unpaired) electrons. The number of hydrogen-bond donors (Lipinski definition) is 1.